The van der Waals surface area contributed by atoms with Crippen LogP contribution < -0.4 is 10.1 Å². The topological polar surface area (TPSA) is 71.5 Å². The average molecular weight is 388 g/mol. The zero-order chi connectivity index (χ0) is 19.2. The Balaban J connectivity index is 1.65. The van der Waals surface area contributed by atoms with Crippen LogP contribution in [0.1, 0.15) is 35.7 Å². The number of ether oxygens (including phenoxy) is 1. The van der Waals surface area contributed by atoms with Crippen LogP contribution >= 0.6 is 11.6 Å². The Kier molecular flexibility index (Phi) is 6.29. The van der Waals surface area contributed by atoms with E-state index >= 15 is 0 Å². The van der Waals surface area contributed by atoms with Crippen LogP contribution in [0.2, 0.25) is 5.02 Å². The Morgan fingerprint density at radius 3 is 2.81 bits per heavy atom. The lowest BCUT2D eigenvalue weighted by Crippen LogP contribution is -2.45. The summed E-state index contributed by atoms with van der Waals surface area (Å²) in [6, 6.07) is 8.50. The molecular formula is C20H22ClN3O3. The van der Waals surface area contributed by atoms with E-state index in [0.717, 1.165) is 12.0 Å². The lowest BCUT2D eigenvalue weighted by atomic mass is 10.1. The largest absolute Gasteiger partial charge is 0.492 e. The Hall–Kier alpha value is -2.60. The van der Waals surface area contributed by atoms with Gasteiger partial charge in [-0.3, -0.25) is 14.6 Å². The van der Waals surface area contributed by atoms with E-state index in [2.05, 4.69) is 10.3 Å². The summed E-state index contributed by atoms with van der Waals surface area (Å²) in [6.07, 6.45) is 4.52. The number of benzene rings is 1. The lowest BCUT2D eigenvalue weighted by molar-refractivity contribution is -0.125. The summed E-state index contributed by atoms with van der Waals surface area (Å²) in [4.78, 5) is 31.2. The molecule has 1 fully saturated rings. The highest BCUT2D eigenvalue weighted by Gasteiger charge is 2.34. The number of aromatic nitrogens is 1. The van der Waals surface area contributed by atoms with E-state index in [4.69, 9.17) is 16.3 Å². The number of nitrogens with zero attached hydrogens (tertiary/aromatic N) is 2. The molecule has 0 radical (unpaired) electrons. The molecule has 3 rings (SSSR count). The molecular weight excluding hydrogens is 366 g/mol. The third kappa shape index (κ3) is 4.77. The maximum absolute atomic E-state index is 12.9. The van der Waals surface area contributed by atoms with E-state index in [1.165, 1.54) is 6.20 Å². The van der Waals surface area contributed by atoms with Gasteiger partial charge >= 0.3 is 0 Å². The van der Waals surface area contributed by atoms with Gasteiger partial charge in [0.1, 0.15) is 11.8 Å². The molecule has 27 heavy (non-hydrogen) atoms. The Morgan fingerprint density at radius 1 is 1.30 bits per heavy atom. The second kappa shape index (κ2) is 8.86. The zero-order valence-corrected chi connectivity index (χ0v) is 15.9. The van der Waals surface area contributed by atoms with Crippen molar-refractivity contribution in [2.24, 2.45) is 0 Å². The van der Waals surface area contributed by atoms with Gasteiger partial charge in [-0.25, -0.2) is 0 Å². The molecule has 1 aromatic heterocycles. The van der Waals surface area contributed by atoms with Crippen LogP contribution in [0.5, 0.6) is 5.75 Å². The predicted molar refractivity (Wildman–Crippen MR) is 103 cm³/mol. The molecule has 1 aromatic carbocycles. The second-order valence-corrected chi connectivity index (χ2v) is 6.78. The van der Waals surface area contributed by atoms with Crippen molar-refractivity contribution in [3.63, 3.8) is 0 Å². The van der Waals surface area contributed by atoms with Crippen molar-refractivity contribution in [2.45, 2.75) is 32.4 Å². The summed E-state index contributed by atoms with van der Waals surface area (Å²) in [6.45, 7) is 3.32. The average Bonchev–Trinajstić information content (AvgIpc) is 3.17. The van der Waals surface area contributed by atoms with Crippen LogP contribution in [0.25, 0.3) is 0 Å². The van der Waals surface area contributed by atoms with Gasteiger partial charge in [0.25, 0.3) is 5.91 Å². The SMILES string of the molecule is CCOc1cncc(C(=O)N2CCCC2C(=O)NCc2ccc(Cl)cc2)c1. The van der Waals surface area contributed by atoms with Crippen LogP contribution in [-0.4, -0.2) is 40.9 Å². The maximum Gasteiger partial charge on any atom is 0.256 e. The first-order chi connectivity index (χ1) is 13.1. The zero-order valence-electron chi connectivity index (χ0n) is 15.2. The van der Waals surface area contributed by atoms with Crippen molar-refractivity contribution >= 4 is 23.4 Å². The van der Waals surface area contributed by atoms with Crippen LogP contribution in [-0.2, 0) is 11.3 Å². The molecule has 1 saturated heterocycles. The van der Waals surface area contributed by atoms with Gasteiger partial charge in [0.2, 0.25) is 5.91 Å². The van der Waals surface area contributed by atoms with E-state index in [-0.39, 0.29) is 11.8 Å². The molecule has 142 valence electrons. The van der Waals surface area contributed by atoms with Crippen molar-refractivity contribution in [1.29, 1.82) is 0 Å². The van der Waals surface area contributed by atoms with Crippen LogP contribution in [0.4, 0.5) is 0 Å². The molecule has 7 heteroatoms. The van der Waals surface area contributed by atoms with Crippen molar-refractivity contribution < 1.29 is 14.3 Å². The first-order valence-corrected chi connectivity index (χ1v) is 9.37. The number of likely N-dealkylation sites (tertiary alicyclic amines) is 1. The first kappa shape index (κ1) is 19.2. The van der Waals surface area contributed by atoms with Gasteiger partial charge in [0.05, 0.1) is 18.4 Å². The number of carbonyl (C=O) groups is 2. The van der Waals surface area contributed by atoms with Crippen LogP contribution in [0, 0.1) is 0 Å². The molecule has 1 aliphatic rings. The fraction of sp³-hybridized carbons (Fsp3) is 0.350. The Bertz CT molecular complexity index is 810. The van der Waals surface area contributed by atoms with Crippen molar-refractivity contribution in [2.75, 3.05) is 13.2 Å². The Labute approximate surface area is 163 Å². The van der Waals surface area contributed by atoms with Gasteiger partial charge in [-0.2, -0.15) is 0 Å². The van der Waals surface area contributed by atoms with Gasteiger partial charge in [-0.1, -0.05) is 23.7 Å². The number of rotatable bonds is 6. The molecule has 0 saturated carbocycles. The smallest absolute Gasteiger partial charge is 0.256 e. The monoisotopic (exact) mass is 387 g/mol. The predicted octanol–water partition coefficient (Wildman–Crippen LogP) is 3.05. The van der Waals surface area contributed by atoms with E-state index in [9.17, 15) is 9.59 Å². The summed E-state index contributed by atoms with van der Waals surface area (Å²) in [5.74, 6) is 0.198. The van der Waals surface area contributed by atoms with E-state index in [1.807, 2.05) is 19.1 Å². The minimum absolute atomic E-state index is 0.148. The molecule has 1 atom stereocenters. The number of amides is 2. The number of hydrogen-bond acceptors (Lipinski definition) is 4. The third-order valence-corrected chi connectivity index (χ3v) is 4.72. The minimum Gasteiger partial charge on any atom is -0.492 e. The van der Waals surface area contributed by atoms with E-state index in [1.54, 1.807) is 29.3 Å². The van der Waals surface area contributed by atoms with Crippen LogP contribution in [0.15, 0.2) is 42.7 Å². The molecule has 6 nitrogen and oxygen atoms in total. The van der Waals surface area contributed by atoms with Gasteiger partial charge in [-0.15, -0.1) is 0 Å². The summed E-state index contributed by atoms with van der Waals surface area (Å²) >= 11 is 5.88. The second-order valence-electron chi connectivity index (χ2n) is 6.34. The number of halogens is 1. The van der Waals surface area contributed by atoms with Crippen molar-refractivity contribution in [3.05, 3.63) is 58.9 Å². The van der Waals surface area contributed by atoms with E-state index < -0.39 is 6.04 Å². The summed E-state index contributed by atoms with van der Waals surface area (Å²) in [5, 5.41) is 3.57. The molecule has 0 aliphatic carbocycles. The molecule has 2 aromatic rings. The molecule has 1 N–H and O–H groups in total. The fourth-order valence-electron chi connectivity index (χ4n) is 3.14. The molecule has 2 heterocycles. The summed E-state index contributed by atoms with van der Waals surface area (Å²) < 4.78 is 5.41. The molecule has 0 bridgehead atoms. The molecule has 0 spiro atoms. The Morgan fingerprint density at radius 2 is 2.07 bits per heavy atom. The highest BCUT2D eigenvalue weighted by Crippen LogP contribution is 2.22. The number of nitrogens with one attached hydrogen (secondary N) is 1. The number of carbonyl (C=O) groups excluding carboxylic acids is 2. The standard InChI is InChI=1S/C20H22ClN3O3/c1-2-27-17-10-15(12-22-13-17)20(26)24-9-3-4-18(24)19(25)23-11-14-5-7-16(21)8-6-14/h5-8,10,12-13,18H,2-4,9,11H2,1H3,(H,23,25). The van der Waals surface area contributed by atoms with Gasteiger partial charge in [0, 0.05) is 24.3 Å². The highest BCUT2D eigenvalue weighted by atomic mass is 35.5. The molecule has 1 unspecified atom stereocenters. The van der Waals surface area contributed by atoms with Gasteiger partial charge in [0.15, 0.2) is 0 Å². The van der Waals surface area contributed by atoms with Gasteiger partial charge < -0.3 is 15.0 Å². The van der Waals surface area contributed by atoms with Gasteiger partial charge in [-0.05, 0) is 43.5 Å². The molecule has 2 amide bonds. The first-order valence-electron chi connectivity index (χ1n) is 8.99. The highest BCUT2D eigenvalue weighted by molar-refractivity contribution is 6.30. The third-order valence-electron chi connectivity index (χ3n) is 4.47. The fourth-order valence-corrected chi connectivity index (χ4v) is 3.26. The minimum atomic E-state index is -0.472. The summed E-state index contributed by atoms with van der Waals surface area (Å²) in [7, 11) is 0. The molecule has 1 aliphatic heterocycles. The van der Waals surface area contributed by atoms with Crippen molar-refractivity contribution in [3.8, 4) is 5.75 Å². The number of hydrogen-bond donors (Lipinski definition) is 1. The van der Waals surface area contributed by atoms with Crippen LogP contribution in [0.3, 0.4) is 0 Å². The van der Waals surface area contributed by atoms with E-state index in [0.29, 0.717) is 42.5 Å². The summed E-state index contributed by atoms with van der Waals surface area (Å²) in [5.41, 5.74) is 1.38. The lowest BCUT2D eigenvalue weighted by Gasteiger charge is -2.24. The van der Waals surface area contributed by atoms with Crippen molar-refractivity contribution in [1.82, 2.24) is 15.2 Å². The maximum atomic E-state index is 12.9. The normalized spacial score (nSPS) is 16.2. The quantitative estimate of drug-likeness (QED) is 0.826. The number of pyridine rings is 1.